The number of carboxylic acid groups (broad SMARTS) is 2. The van der Waals surface area contributed by atoms with Gasteiger partial charge in [-0.15, -0.1) is 0 Å². The normalized spacial score (nSPS) is 10.2. The van der Waals surface area contributed by atoms with E-state index in [-0.39, 0.29) is 22.7 Å². The van der Waals surface area contributed by atoms with Gasteiger partial charge in [-0.3, -0.25) is 29.8 Å². The summed E-state index contributed by atoms with van der Waals surface area (Å²) >= 11 is 0. The Balaban J connectivity index is 1.99. The summed E-state index contributed by atoms with van der Waals surface area (Å²) in [4.78, 5) is 69.3. The van der Waals surface area contributed by atoms with Crippen LogP contribution in [-0.4, -0.2) is 43.8 Å². The zero-order valence-corrected chi connectivity index (χ0v) is 17.8. The number of nitro benzene ring substituents is 2. The van der Waals surface area contributed by atoms with Gasteiger partial charge in [0.15, 0.2) is 0 Å². The molecule has 0 aliphatic rings. The van der Waals surface area contributed by atoms with Gasteiger partial charge in [-0.2, -0.15) is 0 Å². The van der Waals surface area contributed by atoms with Gasteiger partial charge in [0.2, 0.25) is 0 Å². The van der Waals surface area contributed by atoms with E-state index < -0.39 is 55.9 Å². The summed E-state index contributed by atoms with van der Waals surface area (Å²) in [6, 6.07) is 10.6. The third-order valence-electron chi connectivity index (χ3n) is 4.78. The van der Waals surface area contributed by atoms with E-state index in [0.717, 1.165) is 30.3 Å². The fourth-order valence-corrected chi connectivity index (χ4v) is 3.06. The predicted molar refractivity (Wildman–Crippen MR) is 122 cm³/mol. The van der Waals surface area contributed by atoms with E-state index in [1.165, 1.54) is 24.3 Å². The number of carboxylic acids is 2. The van der Waals surface area contributed by atoms with Gasteiger partial charge < -0.3 is 20.8 Å². The van der Waals surface area contributed by atoms with Gasteiger partial charge in [0.1, 0.15) is 0 Å². The number of anilines is 2. The molecule has 0 atom stereocenters. The monoisotopic (exact) mass is 494 g/mol. The second kappa shape index (κ2) is 10.1. The van der Waals surface area contributed by atoms with Gasteiger partial charge in [0.05, 0.1) is 32.1 Å². The second-order valence-electron chi connectivity index (χ2n) is 7.07. The molecule has 0 aliphatic heterocycles. The minimum absolute atomic E-state index is 0.0705. The van der Waals surface area contributed by atoms with Gasteiger partial charge in [0.25, 0.3) is 23.2 Å². The Kier molecular flexibility index (Phi) is 7.00. The molecular formula is C22H14N4O10. The molecule has 4 N–H and O–H groups in total. The van der Waals surface area contributed by atoms with Crippen LogP contribution in [0.1, 0.15) is 41.4 Å². The number of hydrogen-bond acceptors (Lipinski definition) is 8. The molecule has 0 unspecified atom stereocenters. The highest BCUT2D eigenvalue weighted by Crippen LogP contribution is 2.23. The maximum absolute atomic E-state index is 12.8. The van der Waals surface area contributed by atoms with Crippen LogP contribution in [-0.2, 0) is 0 Å². The molecule has 0 bridgehead atoms. The number of nitro groups is 2. The molecule has 0 radical (unpaired) electrons. The first-order valence-corrected chi connectivity index (χ1v) is 9.74. The Hall–Kier alpha value is -5.66. The predicted octanol–water partition coefficient (Wildman–Crippen LogP) is 3.40. The first-order chi connectivity index (χ1) is 17.0. The van der Waals surface area contributed by atoms with Crippen LogP contribution < -0.4 is 10.6 Å². The van der Waals surface area contributed by atoms with Gasteiger partial charge >= 0.3 is 11.9 Å². The van der Waals surface area contributed by atoms with Crippen LogP contribution in [0.4, 0.5) is 22.7 Å². The lowest BCUT2D eigenvalue weighted by Gasteiger charge is -2.13. The van der Waals surface area contributed by atoms with Crippen molar-refractivity contribution in [1.82, 2.24) is 0 Å². The van der Waals surface area contributed by atoms with Crippen LogP contribution in [0, 0.1) is 20.2 Å². The number of benzene rings is 3. The topological polar surface area (TPSA) is 219 Å². The largest absolute Gasteiger partial charge is 0.478 e. The molecule has 36 heavy (non-hydrogen) atoms. The van der Waals surface area contributed by atoms with Crippen LogP contribution in [0.25, 0.3) is 0 Å². The molecule has 3 aromatic rings. The van der Waals surface area contributed by atoms with Crippen molar-refractivity contribution in [1.29, 1.82) is 0 Å². The van der Waals surface area contributed by atoms with Gasteiger partial charge in [-0.1, -0.05) is 0 Å². The highest BCUT2D eigenvalue weighted by atomic mass is 16.6. The molecule has 182 valence electrons. The molecule has 0 saturated heterocycles. The van der Waals surface area contributed by atoms with E-state index in [1.54, 1.807) is 0 Å². The van der Waals surface area contributed by atoms with Crippen molar-refractivity contribution in [2.75, 3.05) is 10.6 Å². The Bertz CT molecular complexity index is 1310. The van der Waals surface area contributed by atoms with E-state index in [9.17, 15) is 49.6 Å². The van der Waals surface area contributed by atoms with Crippen LogP contribution in [0.3, 0.4) is 0 Å². The van der Waals surface area contributed by atoms with E-state index in [1.807, 2.05) is 0 Å². The lowest BCUT2D eigenvalue weighted by atomic mass is 9.96. The van der Waals surface area contributed by atoms with E-state index in [0.29, 0.717) is 6.07 Å². The minimum Gasteiger partial charge on any atom is -0.478 e. The molecule has 0 aliphatic carbocycles. The summed E-state index contributed by atoms with van der Waals surface area (Å²) in [6.45, 7) is 0. The molecule has 14 nitrogen and oxygen atoms in total. The number of amides is 2. The molecular weight excluding hydrogens is 480 g/mol. The van der Waals surface area contributed by atoms with Crippen LogP contribution in [0.5, 0.6) is 0 Å². The average molecular weight is 494 g/mol. The number of non-ortho nitro benzene ring substituents is 2. The summed E-state index contributed by atoms with van der Waals surface area (Å²) in [5, 5.41) is 45.3. The molecule has 0 saturated carbocycles. The fraction of sp³-hybridized carbons (Fsp3) is 0. The fourth-order valence-electron chi connectivity index (χ4n) is 3.06. The van der Waals surface area contributed by atoms with Crippen LogP contribution in [0.15, 0.2) is 60.7 Å². The molecule has 3 rings (SSSR count). The number of carbonyl (C=O) groups excluding carboxylic acids is 2. The quantitative estimate of drug-likeness (QED) is 0.264. The Morgan fingerprint density at radius 3 is 1.17 bits per heavy atom. The van der Waals surface area contributed by atoms with Crippen LogP contribution in [0.2, 0.25) is 0 Å². The highest BCUT2D eigenvalue weighted by molar-refractivity contribution is 6.16. The summed E-state index contributed by atoms with van der Waals surface area (Å²) in [6.07, 6.45) is 0. The van der Waals surface area contributed by atoms with Crippen molar-refractivity contribution in [2.24, 2.45) is 0 Å². The Labute approximate surface area is 200 Å². The number of nitrogens with zero attached hydrogens (tertiary/aromatic N) is 2. The summed E-state index contributed by atoms with van der Waals surface area (Å²) in [7, 11) is 0. The van der Waals surface area contributed by atoms with Crippen molar-refractivity contribution in [3.05, 3.63) is 103 Å². The minimum atomic E-state index is -1.64. The number of aromatic carboxylic acids is 2. The Morgan fingerprint density at radius 1 is 0.583 bits per heavy atom. The third-order valence-corrected chi connectivity index (χ3v) is 4.78. The van der Waals surface area contributed by atoms with E-state index in [2.05, 4.69) is 10.6 Å². The Morgan fingerprint density at radius 2 is 0.889 bits per heavy atom. The smallest absolute Gasteiger partial charge is 0.336 e. The van der Waals surface area contributed by atoms with E-state index >= 15 is 0 Å². The average Bonchev–Trinajstić information content (AvgIpc) is 2.83. The van der Waals surface area contributed by atoms with Gasteiger partial charge in [0, 0.05) is 35.6 Å². The molecule has 2 amide bonds. The number of hydrogen-bond donors (Lipinski definition) is 4. The number of rotatable bonds is 8. The number of carbonyl (C=O) groups is 4. The molecule has 14 heteroatoms. The SMILES string of the molecule is O=C(O)c1cc(C(=O)O)c(C(=O)Nc2ccc([N+](=O)[O-])cc2)cc1C(=O)Nc1ccc([N+](=O)[O-])cc1. The molecule has 0 spiro atoms. The van der Waals surface area contributed by atoms with Crippen molar-refractivity contribution in [3.63, 3.8) is 0 Å². The highest BCUT2D eigenvalue weighted by Gasteiger charge is 2.26. The molecule has 0 aromatic heterocycles. The first kappa shape index (κ1) is 25.0. The van der Waals surface area contributed by atoms with Crippen molar-refractivity contribution in [3.8, 4) is 0 Å². The van der Waals surface area contributed by atoms with E-state index in [4.69, 9.17) is 0 Å². The number of nitrogens with one attached hydrogen (secondary N) is 2. The lowest BCUT2D eigenvalue weighted by Crippen LogP contribution is -2.22. The molecule has 0 fully saturated rings. The lowest BCUT2D eigenvalue weighted by molar-refractivity contribution is -0.385. The standard InChI is InChI=1S/C22H14N4O10/c27-19(23-11-1-5-13(6-2-11)25(33)34)15-9-16(18(22(31)32)10-17(15)21(29)30)20(28)24-12-3-7-14(8-4-12)26(35)36/h1-10H,(H,23,27)(H,24,28)(H,29,30)(H,31,32). The maximum atomic E-state index is 12.8. The van der Waals surface area contributed by atoms with Gasteiger partial charge in [-0.05, 0) is 36.4 Å². The van der Waals surface area contributed by atoms with Crippen molar-refractivity contribution < 1.29 is 39.2 Å². The molecule has 0 heterocycles. The van der Waals surface area contributed by atoms with Crippen LogP contribution >= 0.6 is 0 Å². The van der Waals surface area contributed by atoms with Crippen molar-refractivity contribution in [2.45, 2.75) is 0 Å². The zero-order valence-electron chi connectivity index (χ0n) is 17.8. The zero-order chi connectivity index (χ0) is 26.6. The van der Waals surface area contributed by atoms with Crippen molar-refractivity contribution >= 4 is 46.5 Å². The second-order valence-corrected chi connectivity index (χ2v) is 7.07. The summed E-state index contributed by atoms with van der Waals surface area (Å²) in [5.74, 6) is -5.34. The third kappa shape index (κ3) is 5.45. The van der Waals surface area contributed by atoms with Gasteiger partial charge in [-0.25, -0.2) is 9.59 Å². The summed E-state index contributed by atoms with van der Waals surface area (Å²) < 4.78 is 0. The molecule has 3 aromatic carbocycles. The summed E-state index contributed by atoms with van der Waals surface area (Å²) in [5.41, 5.74) is -2.90. The maximum Gasteiger partial charge on any atom is 0.336 e. The first-order valence-electron chi connectivity index (χ1n) is 9.74.